The molecule has 5 heteroatoms. The summed E-state index contributed by atoms with van der Waals surface area (Å²) in [6.07, 6.45) is 1.89. The number of carbonyl (C=O) groups is 1. The molecule has 4 nitrogen and oxygen atoms in total. The van der Waals surface area contributed by atoms with Crippen LogP contribution in [-0.2, 0) is 4.79 Å². The lowest BCUT2D eigenvalue weighted by Gasteiger charge is -2.15. The number of aryl methyl sites for hydroxylation is 1. The first-order chi connectivity index (χ1) is 7.50. The molecule has 2 aromatic rings. The normalized spacial score (nSPS) is 13.5. The fourth-order valence-electron chi connectivity index (χ4n) is 1.89. The molecule has 2 aromatic heterocycles. The number of aromatic nitrogens is 2. The molecule has 0 saturated carbocycles. The summed E-state index contributed by atoms with van der Waals surface area (Å²) in [6.45, 7) is 5.76. The van der Waals surface area contributed by atoms with Gasteiger partial charge in [0.15, 0.2) is 4.96 Å². The number of nitrogens with zero attached hydrogens (tertiary/aromatic N) is 2. The number of carboxylic acids is 1. The van der Waals surface area contributed by atoms with E-state index in [0.29, 0.717) is 0 Å². The molecule has 0 radical (unpaired) electrons. The Morgan fingerprint density at radius 3 is 2.81 bits per heavy atom. The summed E-state index contributed by atoms with van der Waals surface area (Å²) in [5, 5.41) is 11.1. The number of imidazole rings is 1. The van der Waals surface area contributed by atoms with Gasteiger partial charge in [-0.1, -0.05) is 13.8 Å². The van der Waals surface area contributed by atoms with Gasteiger partial charge in [-0.05, 0) is 12.8 Å². The second kappa shape index (κ2) is 3.90. The number of thiazole rings is 1. The third kappa shape index (κ3) is 1.71. The number of fused-ring (bicyclic) bond motifs is 1. The SMILES string of the molecule is Cc1cn2c(C(C(=O)O)C(C)C)csc2n1. The minimum atomic E-state index is -0.777. The smallest absolute Gasteiger partial charge is 0.312 e. The van der Waals surface area contributed by atoms with E-state index in [0.717, 1.165) is 16.3 Å². The number of carboxylic acid groups (broad SMARTS) is 1. The lowest BCUT2D eigenvalue weighted by molar-refractivity contribution is -0.140. The molecule has 0 aliphatic heterocycles. The van der Waals surface area contributed by atoms with Crippen LogP contribution in [0.3, 0.4) is 0 Å². The van der Waals surface area contributed by atoms with E-state index in [1.165, 1.54) is 11.3 Å². The van der Waals surface area contributed by atoms with Crippen molar-refractivity contribution in [1.29, 1.82) is 0 Å². The summed E-state index contributed by atoms with van der Waals surface area (Å²) in [6, 6.07) is 0. The van der Waals surface area contributed by atoms with Crippen molar-refractivity contribution in [3.05, 3.63) is 23.0 Å². The van der Waals surface area contributed by atoms with Gasteiger partial charge in [0.2, 0.25) is 0 Å². The van der Waals surface area contributed by atoms with Gasteiger partial charge in [-0.3, -0.25) is 9.20 Å². The van der Waals surface area contributed by atoms with Crippen LogP contribution in [0.2, 0.25) is 0 Å². The van der Waals surface area contributed by atoms with Crippen LogP contribution < -0.4 is 0 Å². The third-order valence-corrected chi connectivity index (χ3v) is 3.47. The predicted molar refractivity (Wildman–Crippen MR) is 63.0 cm³/mol. The topological polar surface area (TPSA) is 54.6 Å². The first-order valence-electron chi connectivity index (χ1n) is 5.16. The quantitative estimate of drug-likeness (QED) is 0.894. The Morgan fingerprint density at radius 2 is 2.25 bits per heavy atom. The van der Waals surface area contributed by atoms with E-state index in [-0.39, 0.29) is 5.92 Å². The zero-order chi connectivity index (χ0) is 11.9. The average Bonchev–Trinajstić information content (AvgIpc) is 2.65. The maximum Gasteiger partial charge on any atom is 0.312 e. The Balaban J connectivity index is 2.55. The fraction of sp³-hybridized carbons (Fsp3) is 0.455. The van der Waals surface area contributed by atoms with Gasteiger partial charge < -0.3 is 5.11 Å². The van der Waals surface area contributed by atoms with Crippen molar-refractivity contribution >= 4 is 22.3 Å². The second-order valence-electron chi connectivity index (χ2n) is 4.26. The molecule has 0 aromatic carbocycles. The van der Waals surface area contributed by atoms with Crippen LogP contribution in [0.25, 0.3) is 4.96 Å². The average molecular weight is 238 g/mol. The fourth-order valence-corrected chi connectivity index (χ4v) is 2.84. The Kier molecular flexibility index (Phi) is 2.71. The number of hydrogen-bond acceptors (Lipinski definition) is 3. The van der Waals surface area contributed by atoms with E-state index in [4.69, 9.17) is 0 Å². The van der Waals surface area contributed by atoms with Gasteiger partial charge >= 0.3 is 5.97 Å². The molecule has 1 N–H and O–H groups in total. The van der Waals surface area contributed by atoms with Crippen LogP contribution >= 0.6 is 11.3 Å². The minimum absolute atomic E-state index is 0.0676. The number of aliphatic carboxylic acids is 1. The van der Waals surface area contributed by atoms with E-state index in [1.54, 1.807) is 0 Å². The van der Waals surface area contributed by atoms with Crippen LogP contribution in [0.1, 0.15) is 31.2 Å². The molecule has 0 fully saturated rings. The standard InChI is InChI=1S/C11H14N2O2S/c1-6(2)9(10(14)15)8-5-16-11-12-7(3)4-13(8)11/h4-6,9H,1-3H3,(H,14,15). The van der Waals surface area contributed by atoms with Crippen LogP contribution in [0.5, 0.6) is 0 Å². The highest BCUT2D eigenvalue weighted by Crippen LogP contribution is 2.29. The molecule has 0 aliphatic rings. The molecule has 2 heterocycles. The Bertz CT molecular complexity index is 527. The summed E-state index contributed by atoms with van der Waals surface area (Å²) in [5.74, 6) is -1.18. The maximum atomic E-state index is 11.3. The summed E-state index contributed by atoms with van der Waals surface area (Å²) < 4.78 is 1.89. The molecule has 2 rings (SSSR count). The molecule has 0 amide bonds. The molecule has 0 bridgehead atoms. The molecular weight excluding hydrogens is 224 g/mol. The molecule has 0 saturated heterocycles. The first kappa shape index (κ1) is 11.1. The van der Waals surface area contributed by atoms with E-state index >= 15 is 0 Å². The van der Waals surface area contributed by atoms with Crippen molar-refractivity contribution in [3.63, 3.8) is 0 Å². The zero-order valence-corrected chi connectivity index (χ0v) is 10.3. The summed E-state index contributed by atoms with van der Waals surface area (Å²) in [5.41, 5.74) is 1.74. The van der Waals surface area contributed by atoms with Crippen LogP contribution in [0.15, 0.2) is 11.6 Å². The van der Waals surface area contributed by atoms with E-state index in [9.17, 15) is 9.90 Å². The van der Waals surface area contributed by atoms with Gasteiger partial charge in [0, 0.05) is 17.3 Å². The highest BCUT2D eigenvalue weighted by Gasteiger charge is 2.27. The van der Waals surface area contributed by atoms with Crippen molar-refractivity contribution in [3.8, 4) is 0 Å². The van der Waals surface area contributed by atoms with Gasteiger partial charge in [-0.15, -0.1) is 11.3 Å². The van der Waals surface area contributed by atoms with E-state index in [2.05, 4.69) is 4.98 Å². The van der Waals surface area contributed by atoms with E-state index < -0.39 is 11.9 Å². The van der Waals surface area contributed by atoms with Gasteiger partial charge in [-0.25, -0.2) is 4.98 Å². The zero-order valence-electron chi connectivity index (χ0n) is 9.47. The lowest BCUT2D eigenvalue weighted by Crippen LogP contribution is -2.18. The van der Waals surface area contributed by atoms with Crippen LogP contribution in [0, 0.1) is 12.8 Å². The minimum Gasteiger partial charge on any atom is -0.481 e. The van der Waals surface area contributed by atoms with Crippen molar-refractivity contribution in [2.24, 2.45) is 5.92 Å². The van der Waals surface area contributed by atoms with Crippen molar-refractivity contribution in [2.45, 2.75) is 26.7 Å². The molecular formula is C11H14N2O2S. The highest BCUT2D eigenvalue weighted by atomic mass is 32.1. The van der Waals surface area contributed by atoms with Crippen LogP contribution in [0.4, 0.5) is 0 Å². The Labute approximate surface area is 97.6 Å². The monoisotopic (exact) mass is 238 g/mol. The summed E-state index contributed by atoms with van der Waals surface area (Å²) in [7, 11) is 0. The first-order valence-corrected chi connectivity index (χ1v) is 6.04. The maximum absolute atomic E-state index is 11.3. The van der Waals surface area contributed by atoms with Crippen molar-refractivity contribution < 1.29 is 9.90 Å². The predicted octanol–water partition coefficient (Wildman–Crippen LogP) is 2.53. The van der Waals surface area contributed by atoms with Gasteiger partial charge in [-0.2, -0.15) is 0 Å². The molecule has 1 atom stereocenters. The second-order valence-corrected chi connectivity index (χ2v) is 5.09. The molecule has 16 heavy (non-hydrogen) atoms. The Morgan fingerprint density at radius 1 is 1.56 bits per heavy atom. The number of hydrogen-bond donors (Lipinski definition) is 1. The lowest BCUT2D eigenvalue weighted by atomic mass is 9.93. The summed E-state index contributed by atoms with van der Waals surface area (Å²) >= 11 is 1.49. The van der Waals surface area contributed by atoms with Gasteiger partial charge in [0.05, 0.1) is 5.69 Å². The molecule has 0 spiro atoms. The van der Waals surface area contributed by atoms with E-state index in [1.807, 2.05) is 36.7 Å². The Hall–Kier alpha value is -1.36. The molecule has 1 unspecified atom stereocenters. The van der Waals surface area contributed by atoms with Crippen molar-refractivity contribution in [1.82, 2.24) is 9.38 Å². The largest absolute Gasteiger partial charge is 0.481 e. The molecule has 0 aliphatic carbocycles. The third-order valence-electron chi connectivity index (χ3n) is 2.61. The van der Waals surface area contributed by atoms with Crippen LogP contribution in [-0.4, -0.2) is 20.5 Å². The molecule has 86 valence electrons. The van der Waals surface area contributed by atoms with Gasteiger partial charge in [0.25, 0.3) is 0 Å². The van der Waals surface area contributed by atoms with Gasteiger partial charge in [0.1, 0.15) is 5.92 Å². The highest BCUT2D eigenvalue weighted by molar-refractivity contribution is 7.15. The summed E-state index contributed by atoms with van der Waals surface area (Å²) in [4.78, 5) is 16.4. The van der Waals surface area contributed by atoms with Crippen molar-refractivity contribution in [2.75, 3.05) is 0 Å². The number of rotatable bonds is 3.